The summed E-state index contributed by atoms with van der Waals surface area (Å²) < 4.78 is 5.17. The van der Waals surface area contributed by atoms with Gasteiger partial charge in [0.1, 0.15) is 5.75 Å². The van der Waals surface area contributed by atoms with E-state index in [0.29, 0.717) is 0 Å². The van der Waals surface area contributed by atoms with E-state index >= 15 is 0 Å². The summed E-state index contributed by atoms with van der Waals surface area (Å²) in [6.45, 7) is 4.30. The van der Waals surface area contributed by atoms with Crippen molar-refractivity contribution in [1.29, 1.82) is 0 Å². The minimum Gasteiger partial charge on any atom is -0.497 e. The Bertz CT molecular complexity index is 342. The number of hydrogen-bond donors (Lipinski definition) is 1. The molecule has 100 valence electrons. The second-order valence-corrected chi connectivity index (χ2v) is 5.14. The van der Waals surface area contributed by atoms with Crippen LogP contribution < -0.4 is 10.5 Å². The smallest absolute Gasteiger partial charge is 0.118 e. The molecule has 0 amide bonds. The Kier molecular flexibility index (Phi) is 5.02. The molecule has 18 heavy (non-hydrogen) atoms. The van der Waals surface area contributed by atoms with Crippen molar-refractivity contribution in [3.05, 3.63) is 29.8 Å². The van der Waals surface area contributed by atoms with Crippen molar-refractivity contribution in [3.8, 4) is 5.75 Å². The molecule has 3 heteroatoms. The first-order valence-electron chi connectivity index (χ1n) is 6.87. The van der Waals surface area contributed by atoms with Gasteiger partial charge < -0.3 is 10.5 Å². The predicted molar refractivity (Wildman–Crippen MR) is 74.7 cm³/mol. The highest BCUT2D eigenvalue weighted by Gasteiger charge is 2.18. The molecule has 1 fully saturated rings. The van der Waals surface area contributed by atoms with E-state index in [4.69, 9.17) is 10.5 Å². The van der Waals surface area contributed by atoms with E-state index in [9.17, 15) is 0 Å². The van der Waals surface area contributed by atoms with E-state index in [-0.39, 0.29) is 0 Å². The Labute approximate surface area is 110 Å². The fourth-order valence-electron chi connectivity index (χ4n) is 2.66. The van der Waals surface area contributed by atoms with Crippen molar-refractivity contribution in [2.75, 3.05) is 26.7 Å². The van der Waals surface area contributed by atoms with Gasteiger partial charge in [0.05, 0.1) is 7.11 Å². The Hall–Kier alpha value is -1.06. The van der Waals surface area contributed by atoms with Gasteiger partial charge >= 0.3 is 0 Å². The highest BCUT2D eigenvalue weighted by atomic mass is 16.5. The standard InChI is InChI=1S/C15H24N2O/c1-18-15-4-2-14(3-5-15)12-17-10-7-13(6-9-16)8-11-17/h2-5,13H,6-12,16H2,1H3. The lowest BCUT2D eigenvalue weighted by molar-refractivity contribution is 0.173. The van der Waals surface area contributed by atoms with Crippen LogP contribution in [0.3, 0.4) is 0 Å². The van der Waals surface area contributed by atoms with E-state index < -0.39 is 0 Å². The number of nitrogens with two attached hydrogens (primary N) is 1. The summed E-state index contributed by atoms with van der Waals surface area (Å²) in [6.07, 6.45) is 3.79. The number of methoxy groups -OCH3 is 1. The average Bonchev–Trinajstić information content (AvgIpc) is 2.42. The molecule has 0 unspecified atom stereocenters. The molecule has 1 aliphatic rings. The zero-order chi connectivity index (χ0) is 12.8. The predicted octanol–water partition coefficient (Wildman–Crippen LogP) is 2.26. The van der Waals surface area contributed by atoms with Crippen molar-refractivity contribution in [1.82, 2.24) is 4.90 Å². The lowest BCUT2D eigenvalue weighted by atomic mass is 9.93. The first-order valence-corrected chi connectivity index (χ1v) is 6.87. The van der Waals surface area contributed by atoms with Crippen LogP contribution >= 0.6 is 0 Å². The summed E-state index contributed by atoms with van der Waals surface area (Å²) in [6, 6.07) is 8.39. The third kappa shape index (κ3) is 3.72. The molecule has 0 saturated carbocycles. The third-order valence-corrected chi connectivity index (χ3v) is 3.85. The number of benzene rings is 1. The highest BCUT2D eigenvalue weighted by molar-refractivity contribution is 5.27. The van der Waals surface area contributed by atoms with E-state index in [1.807, 2.05) is 12.1 Å². The van der Waals surface area contributed by atoms with Gasteiger partial charge in [-0.3, -0.25) is 4.90 Å². The summed E-state index contributed by atoms with van der Waals surface area (Å²) >= 11 is 0. The van der Waals surface area contributed by atoms with Gasteiger partial charge in [-0.15, -0.1) is 0 Å². The number of hydrogen-bond acceptors (Lipinski definition) is 3. The van der Waals surface area contributed by atoms with Crippen LogP contribution in [-0.4, -0.2) is 31.6 Å². The zero-order valence-corrected chi connectivity index (χ0v) is 11.3. The van der Waals surface area contributed by atoms with Gasteiger partial charge in [0.15, 0.2) is 0 Å². The number of likely N-dealkylation sites (tertiary alicyclic amines) is 1. The Morgan fingerprint density at radius 1 is 1.22 bits per heavy atom. The molecule has 3 nitrogen and oxygen atoms in total. The van der Waals surface area contributed by atoms with E-state index in [1.54, 1.807) is 7.11 Å². The van der Waals surface area contributed by atoms with Crippen LogP contribution in [0.25, 0.3) is 0 Å². The van der Waals surface area contributed by atoms with Gasteiger partial charge in [0.2, 0.25) is 0 Å². The van der Waals surface area contributed by atoms with E-state index in [0.717, 1.165) is 24.8 Å². The van der Waals surface area contributed by atoms with Crippen LogP contribution in [0, 0.1) is 5.92 Å². The van der Waals surface area contributed by atoms with Crippen molar-refractivity contribution >= 4 is 0 Å². The second kappa shape index (κ2) is 6.76. The molecule has 0 aromatic heterocycles. The lowest BCUT2D eigenvalue weighted by Gasteiger charge is -2.31. The summed E-state index contributed by atoms with van der Waals surface area (Å²) in [5, 5.41) is 0. The quantitative estimate of drug-likeness (QED) is 0.868. The van der Waals surface area contributed by atoms with Crippen LogP contribution in [-0.2, 0) is 6.54 Å². The molecular formula is C15H24N2O. The monoisotopic (exact) mass is 248 g/mol. The van der Waals surface area contributed by atoms with Gasteiger partial charge in [-0.1, -0.05) is 12.1 Å². The number of ether oxygens (including phenoxy) is 1. The molecule has 0 radical (unpaired) electrons. The number of piperidine rings is 1. The minimum atomic E-state index is 0.836. The maximum Gasteiger partial charge on any atom is 0.118 e. The van der Waals surface area contributed by atoms with Crippen LogP contribution in [0.15, 0.2) is 24.3 Å². The van der Waals surface area contributed by atoms with Gasteiger partial charge in [0, 0.05) is 6.54 Å². The third-order valence-electron chi connectivity index (χ3n) is 3.85. The average molecular weight is 248 g/mol. The Morgan fingerprint density at radius 2 is 1.89 bits per heavy atom. The first-order chi connectivity index (χ1) is 8.81. The summed E-state index contributed by atoms with van der Waals surface area (Å²) in [4.78, 5) is 2.54. The lowest BCUT2D eigenvalue weighted by Crippen LogP contribution is -2.33. The molecule has 1 aromatic carbocycles. The molecular weight excluding hydrogens is 224 g/mol. The van der Waals surface area contributed by atoms with E-state index in [2.05, 4.69) is 17.0 Å². The van der Waals surface area contributed by atoms with Crippen LogP contribution in [0.4, 0.5) is 0 Å². The minimum absolute atomic E-state index is 0.836. The number of nitrogens with zero attached hydrogens (tertiary/aromatic N) is 1. The Morgan fingerprint density at radius 3 is 2.44 bits per heavy atom. The molecule has 0 aliphatic carbocycles. The molecule has 0 spiro atoms. The Balaban J connectivity index is 1.80. The molecule has 1 heterocycles. The normalized spacial score (nSPS) is 17.9. The molecule has 2 N–H and O–H groups in total. The van der Waals surface area contributed by atoms with Crippen molar-refractivity contribution in [2.45, 2.75) is 25.8 Å². The van der Waals surface area contributed by atoms with Crippen LogP contribution in [0.5, 0.6) is 5.75 Å². The summed E-state index contributed by atoms with van der Waals surface area (Å²) in [5.41, 5.74) is 6.99. The zero-order valence-electron chi connectivity index (χ0n) is 11.3. The first kappa shape index (κ1) is 13.4. The molecule has 1 aromatic rings. The fourth-order valence-corrected chi connectivity index (χ4v) is 2.66. The SMILES string of the molecule is COc1ccc(CN2CCC(CCN)CC2)cc1. The number of rotatable bonds is 5. The second-order valence-electron chi connectivity index (χ2n) is 5.14. The molecule has 1 saturated heterocycles. The van der Waals surface area contributed by atoms with Crippen LogP contribution in [0.2, 0.25) is 0 Å². The maximum atomic E-state index is 5.62. The maximum absolute atomic E-state index is 5.62. The largest absolute Gasteiger partial charge is 0.497 e. The molecule has 1 aliphatic heterocycles. The van der Waals surface area contributed by atoms with Crippen LogP contribution in [0.1, 0.15) is 24.8 Å². The van der Waals surface area contributed by atoms with Gasteiger partial charge in [0.25, 0.3) is 0 Å². The topological polar surface area (TPSA) is 38.5 Å². The highest BCUT2D eigenvalue weighted by Crippen LogP contribution is 2.21. The van der Waals surface area contributed by atoms with Gasteiger partial charge in [-0.25, -0.2) is 0 Å². The molecule has 0 atom stereocenters. The fraction of sp³-hybridized carbons (Fsp3) is 0.600. The summed E-state index contributed by atoms with van der Waals surface area (Å²) in [5.74, 6) is 1.78. The van der Waals surface area contributed by atoms with Crippen molar-refractivity contribution in [2.24, 2.45) is 11.7 Å². The van der Waals surface area contributed by atoms with Crippen molar-refractivity contribution in [3.63, 3.8) is 0 Å². The molecule has 0 bridgehead atoms. The molecule has 2 rings (SSSR count). The van der Waals surface area contributed by atoms with E-state index in [1.165, 1.54) is 37.9 Å². The van der Waals surface area contributed by atoms with Crippen molar-refractivity contribution < 1.29 is 4.74 Å². The summed E-state index contributed by atoms with van der Waals surface area (Å²) in [7, 11) is 1.71. The van der Waals surface area contributed by atoms with Gasteiger partial charge in [-0.05, 0) is 62.5 Å². The van der Waals surface area contributed by atoms with Gasteiger partial charge in [-0.2, -0.15) is 0 Å².